The minimum atomic E-state index is -1.07. The van der Waals surface area contributed by atoms with Gasteiger partial charge in [-0.15, -0.1) is 0 Å². The van der Waals surface area contributed by atoms with Crippen LogP contribution in [0.4, 0.5) is 0 Å². The summed E-state index contributed by atoms with van der Waals surface area (Å²) >= 11 is 11.9. The van der Waals surface area contributed by atoms with E-state index in [1.54, 1.807) is 34.1 Å². The van der Waals surface area contributed by atoms with Crippen LogP contribution in [0.25, 0.3) is 0 Å². The number of aliphatic imine (C=N–C) groups is 2. The van der Waals surface area contributed by atoms with Crippen molar-refractivity contribution in [1.29, 1.82) is 0 Å². The second kappa shape index (κ2) is 12.3. The van der Waals surface area contributed by atoms with Crippen LogP contribution < -0.4 is 0 Å². The average Bonchev–Trinajstić information content (AvgIpc) is 3.58. The molecule has 0 aromatic heterocycles. The molecular formula is C40H30N4O2S2. The lowest BCUT2D eigenvalue weighted by Gasteiger charge is -2.34. The molecule has 5 aromatic carbocycles. The Kier molecular flexibility index (Phi) is 7.99. The molecule has 2 amide bonds. The lowest BCUT2D eigenvalue weighted by molar-refractivity contribution is 0.0722. The van der Waals surface area contributed by atoms with E-state index in [0.29, 0.717) is 32.5 Å². The molecule has 0 N–H and O–H groups in total. The van der Waals surface area contributed by atoms with Crippen molar-refractivity contribution in [3.05, 3.63) is 179 Å². The van der Waals surface area contributed by atoms with Gasteiger partial charge in [-0.2, -0.15) is 0 Å². The third-order valence-corrected chi connectivity index (χ3v) is 9.61. The van der Waals surface area contributed by atoms with E-state index in [9.17, 15) is 9.59 Å². The molecule has 5 aromatic rings. The second-order valence-electron chi connectivity index (χ2n) is 11.9. The zero-order valence-electron chi connectivity index (χ0n) is 26.3. The minimum absolute atomic E-state index is 0.319. The van der Waals surface area contributed by atoms with E-state index in [-0.39, 0.29) is 11.8 Å². The summed E-state index contributed by atoms with van der Waals surface area (Å²) in [6.07, 6.45) is 0. The first-order valence-electron chi connectivity index (χ1n) is 15.5. The first-order chi connectivity index (χ1) is 23.2. The van der Waals surface area contributed by atoms with Gasteiger partial charge in [0, 0.05) is 22.3 Å². The Morgan fingerprint density at radius 1 is 0.479 bits per heavy atom. The molecule has 7 rings (SSSR count). The van der Waals surface area contributed by atoms with Gasteiger partial charge < -0.3 is 0 Å². The Morgan fingerprint density at radius 2 is 0.771 bits per heavy atom. The predicted octanol–water partition coefficient (Wildman–Crippen LogP) is 7.98. The highest BCUT2D eigenvalue weighted by Gasteiger charge is 2.48. The van der Waals surface area contributed by atoms with Gasteiger partial charge in [-0.05, 0) is 49.2 Å². The van der Waals surface area contributed by atoms with E-state index in [1.807, 2.05) is 135 Å². The van der Waals surface area contributed by atoms with Crippen molar-refractivity contribution in [3.8, 4) is 0 Å². The Labute approximate surface area is 290 Å². The number of hydrogen-bond donors (Lipinski definition) is 0. The van der Waals surface area contributed by atoms with Crippen molar-refractivity contribution in [2.24, 2.45) is 9.98 Å². The minimum Gasteiger partial charge on any atom is -0.269 e. The van der Waals surface area contributed by atoms with E-state index < -0.39 is 11.3 Å². The van der Waals surface area contributed by atoms with Crippen molar-refractivity contribution in [2.75, 3.05) is 0 Å². The molecule has 0 saturated carbocycles. The van der Waals surface area contributed by atoms with Crippen LogP contribution in [0.5, 0.6) is 0 Å². The molecule has 0 spiro atoms. The Hall–Kier alpha value is -5.44. The second-order valence-corrected chi connectivity index (χ2v) is 12.7. The van der Waals surface area contributed by atoms with Crippen molar-refractivity contribution in [1.82, 2.24) is 9.80 Å². The van der Waals surface area contributed by atoms with Crippen LogP contribution in [0, 0.1) is 0 Å². The van der Waals surface area contributed by atoms with Crippen LogP contribution in [0.1, 0.15) is 56.8 Å². The number of rotatable bonds is 6. The molecule has 2 heterocycles. The van der Waals surface area contributed by atoms with Gasteiger partial charge in [-0.25, -0.2) is 9.98 Å². The van der Waals surface area contributed by atoms with E-state index in [2.05, 4.69) is 0 Å². The summed E-state index contributed by atoms with van der Waals surface area (Å²) in [5.74, 6) is -0.638. The molecule has 2 aliphatic rings. The first-order valence-corrected chi connectivity index (χ1v) is 16.3. The predicted molar refractivity (Wildman–Crippen MR) is 198 cm³/mol. The fourth-order valence-corrected chi connectivity index (χ4v) is 7.14. The van der Waals surface area contributed by atoms with Gasteiger partial charge in [0.05, 0.1) is 0 Å². The van der Waals surface area contributed by atoms with Gasteiger partial charge in [0.2, 0.25) is 0 Å². The molecule has 8 heteroatoms. The average molecular weight is 663 g/mol. The molecule has 0 fully saturated rings. The quantitative estimate of drug-likeness (QED) is 0.173. The van der Waals surface area contributed by atoms with Crippen molar-refractivity contribution >= 4 is 57.7 Å². The third-order valence-electron chi connectivity index (χ3n) is 8.86. The van der Waals surface area contributed by atoms with Crippen LogP contribution in [0.2, 0.25) is 0 Å². The van der Waals surface area contributed by atoms with Crippen molar-refractivity contribution < 1.29 is 9.59 Å². The molecule has 2 atom stereocenters. The summed E-state index contributed by atoms with van der Waals surface area (Å²) in [5.41, 5.74) is 3.09. The lowest BCUT2D eigenvalue weighted by Crippen LogP contribution is -2.46. The number of nitrogens with zero attached hydrogens (tertiary/aromatic N) is 4. The van der Waals surface area contributed by atoms with E-state index in [0.717, 1.165) is 22.3 Å². The number of carbonyl (C=O) groups is 2. The Morgan fingerprint density at radius 3 is 1.08 bits per heavy atom. The maximum atomic E-state index is 14.3. The molecule has 234 valence electrons. The molecule has 2 aliphatic heterocycles. The maximum Gasteiger partial charge on any atom is 0.261 e. The summed E-state index contributed by atoms with van der Waals surface area (Å²) in [6.45, 7) is 3.78. The molecule has 0 aliphatic carbocycles. The molecule has 0 bridgehead atoms. The van der Waals surface area contributed by atoms with Gasteiger partial charge in [0.25, 0.3) is 11.8 Å². The van der Waals surface area contributed by atoms with Gasteiger partial charge in [0.15, 0.2) is 11.3 Å². The number of carbonyl (C=O) groups excluding carboxylic acids is 2. The summed E-state index contributed by atoms with van der Waals surface area (Å²) in [6, 6.07) is 45.2. The van der Waals surface area contributed by atoms with Gasteiger partial charge in [-0.3, -0.25) is 19.4 Å². The monoisotopic (exact) mass is 662 g/mol. The number of hydrogen-bond acceptors (Lipinski definition) is 6. The molecule has 6 nitrogen and oxygen atoms in total. The summed E-state index contributed by atoms with van der Waals surface area (Å²) < 4.78 is 0. The molecule has 2 unspecified atom stereocenters. The van der Waals surface area contributed by atoms with Crippen LogP contribution in [0.15, 0.2) is 156 Å². The topological polar surface area (TPSA) is 65.3 Å². The fourth-order valence-electron chi connectivity index (χ4n) is 6.29. The SMILES string of the molecule is CC1(c2ccccc2)N=C(c2ccccc2)C(=S)N1C(=O)c1ccc(C(=O)N2C(=S)C(c3ccccc3)=NC2(C)c2ccccc2)cc1. The smallest absolute Gasteiger partial charge is 0.261 e. The molecular weight excluding hydrogens is 633 g/mol. The number of benzene rings is 5. The zero-order valence-corrected chi connectivity index (χ0v) is 27.9. The molecule has 48 heavy (non-hydrogen) atoms. The van der Waals surface area contributed by atoms with Crippen molar-refractivity contribution in [2.45, 2.75) is 25.2 Å². The molecule has 0 radical (unpaired) electrons. The van der Waals surface area contributed by atoms with E-state index >= 15 is 0 Å². The standard InChI is InChI=1S/C40H30N4O2S2/c1-39(31-19-11-5-12-20-31)41-33(27-15-7-3-8-16-27)37(47)43(39)35(45)29-23-25-30(26-24-29)36(46)44-38(48)34(28-17-9-4-10-18-28)42-40(44,2)32-21-13-6-14-22-32/h3-26H,1-2H3. The molecule has 0 saturated heterocycles. The van der Waals surface area contributed by atoms with E-state index in [1.165, 1.54) is 0 Å². The normalized spacial score (nSPS) is 20.5. The summed E-state index contributed by atoms with van der Waals surface area (Å²) in [5, 5.41) is 0. The highest BCUT2D eigenvalue weighted by molar-refractivity contribution is 7.82. The number of amides is 2. The van der Waals surface area contributed by atoms with Crippen LogP contribution in [-0.2, 0) is 11.3 Å². The number of thiocarbonyl (C=S) groups is 2. The van der Waals surface area contributed by atoms with Gasteiger partial charge in [-0.1, -0.05) is 146 Å². The zero-order chi connectivity index (χ0) is 33.5. The fraction of sp³-hybridized carbons (Fsp3) is 0.100. The lowest BCUT2D eigenvalue weighted by atomic mass is 9.98. The largest absolute Gasteiger partial charge is 0.269 e. The Balaban J connectivity index is 1.22. The maximum absolute atomic E-state index is 14.3. The van der Waals surface area contributed by atoms with Crippen LogP contribution in [0.3, 0.4) is 0 Å². The van der Waals surface area contributed by atoms with Gasteiger partial charge >= 0.3 is 0 Å². The van der Waals surface area contributed by atoms with Crippen molar-refractivity contribution in [3.63, 3.8) is 0 Å². The highest BCUT2D eigenvalue weighted by atomic mass is 32.1. The summed E-state index contributed by atoms with van der Waals surface area (Å²) in [4.78, 5) is 42.6. The van der Waals surface area contributed by atoms with E-state index in [4.69, 9.17) is 34.4 Å². The first kappa shape index (κ1) is 31.2. The van der Waals surface area contributed by atoms with Crippen LogP contribution >= 0.6 is 24.4 Å². The third kappa shape index (κ3) is 5.19. The van der Waals surface area contributed by atoms with Gasteiger partial charge in [0.1, 0.15) is 21.4 Å². The van der Waals surface area contributed by atoms with Crippen LogP contribution in [-0.4, -0.2) is 43.0 Å². The summed E-state index contributed by atoms with van der Waals surface area (Å²) in [7, 11) is 0. The Bertz CT molecular complexity index is 1960. The highest BCUT2D eigenvalue weighted by Crippen LogP contribution is 2.40.